The predicted molar refractivity (Wildman–Crippen MR) is 116 cm³/mol. The van der Waals surface area contributed by atoms with E-state index in [-0.39, 0.29) is 22.3 Å². The number of nitrogens with zero attached hydrogens (tertiary/aromatic N) is 1. The van der Waals surface area contributed by atoms with E-state index in [0.29, 0.717) is 23.4 Å². The first-order chi connectivity index (χ1) is 14.7. The Hall–Kier alpha value is -2.71. The van der Waals surface area contributed by atoms with E-state index in [0.717, 1.165) is 19.3 Å². The smallest absolute Gasteiger partial charge is 0.338 e. The van der Waals surface area contributed by atoms with E-state index in [9.17, 15) is 18.0 Å². The zero-order valence-electron chi connectivity index (χ0n) is 18.0. The maximum atomic E-state index is 13.1. The molecule has 0 aromatic heterocycles. The molecule has 1 atom stereocenters. The molecule has 7 nitrogen and oxygen atoms in total. The van der Waals surface area contributed by atoms with Crippen LogP contribution in [0.5, 0.6) is 5.75 Å². The fourth-order valence-electron chi connectivity index (χ4n) is 3.61. The van der Waals surface area contributed by atoms with Gasteiger partial charge in [-0.1, -0.05) is 12.5 Å². The van der Waals surface area contributed by atoms with Gasteiger partial charge in [0, 0.05) is 18.2 Å². The second kappa shape index (κ2) is 9.62. The summed E-state index contributed by atoms with van der Waals surface area (Å²) in [5.41, 5.74) is 1.10. The SMILES string of the molecule is COc1ccc(C(=O)COC(=O)c2cc(S(=O)(=O)N3CCCCC3C)ccc2C)cc1. The Balaban J connectivity index is 1.74. The minimum absolute atomic E-state index is 0.0558. The van der Waals surface area contributed by atoms with Crippen LogP contribution in [0.15, 0.2) is 47.4 Å². The van der Waals surface area contributed by atoms with E-state index in [1.165, 1.54) is 23.5 Å². The van der Waals surface area contributed by atoms with Gasteiger partial charge in [0.05, 0.1) is 17.6 Å². The Labute approximate surface area is 183 Å². The fraction of sp³-hybridized carbons (Fsp3) is 0.391. The van der Waals surface area contributed by atoms with Gasteiger partial charge >= 0.3 is 5.97 Å². The number of Topliss-reactive ketones (excluding diaryl/α,β-unsaturated/α-hetero) is 1. The molecule has 0 radical (unpaired) electrons. The lowest BCUT2D eigenvalue weighted by molar-refractivity contribution is 0.0473. The van der Waals surface area contributed by atoms with Crippen LogP contribution in [-0.2, 0) is 14.8 Å². The van der Waals surface area contributed by atoms with Crippen molar-refractivity contribution in [3.63, 3.8) is 0 Å². The lowest BCUT2D eigenvalue weighted by Crippen LogP contribution is -2.41. The van der Waals surface area contributed by atoms with Crippen LogP contribution in [0.25, 0.3) is 0 Å². The van der Waals surface area contributed by atoms with Crippen LogP contribution >= 0.6 is 0 Å². The van der Waals surface area contributed by atoms with E-state index in [1.807, 2.05) is 6.92 Å². The second-order valence-corrected chi connectivity index (χ2v) is 9.56. The zero-order valence-corrected chi connectivity index (χ0v) is 18.8. The molecule has 31 heavy (non-hydrogen) atoms. The normalized spacial score (nSPS) is 17.2. The zero-order chi connectivity index (χ0) is 22.6. The number of hydrogen-bond acceptors (Lipinski definition) is 6. The molecular weight excluding hydrogens is 418 g/mol. The van der Waals surface area contributed by atoms with Crippen LogP contribution in [0.3, 0.4) is 0 Å². The number of esters is 1. The number of ether oxygens (including phenoxy) is 2. The van der Waals surface area contributed by atoms with Gasteiger partial charge in [-0.15, -0.1) is 0 Å². The van der Waals surface area contributed by atoms with Gasteiger partial charge < -0.3 is 9.47 Å². The lowest BCUT2D eigenvalue weighted by Gasteiger charge is -2.32. The molecule has 0 amide bonds. The van der Waals surface area contributed by atoms with Crippen LogP contribution < -0.4 is 4.74 Å². The monoisotopic (exact) mass is 445 g/mol. The van der Waals surface area contributed by atoms with Crippen molar-refractivity contribution in [3.8, 4) is 5.75 Å². The van der Waals surface area contributed by atoms with Crippen molar-refractivity contribution < 1.29 is 27.5 Å². The standard InChI is InChI=1S/C23H27NO6S/c1-16-7-12-20(31(27,28)24-13-5-4-6-17(24)2)14-21(16)23(26)30-15-22(25)18-8-10-19(29-3)11-9-18/h7-12,14,17H,4-6,13,15H2,1-3H3. The number of carbonyl (C=O) groups is 2. The highest BCUT2D eigenvalue weighted by atomic mass is 32.2. The molecule has 3 rings (SSSR count). The molecule has 0 saturated carbocycles. The number of benzene rings is 2. The largest absolute Gasteiger partial charge is 0.497 e. The van der Waals surface area contributed by atoms with Gasteiger partial charge in [-0.3, -0.25) is 4.79 Å². The number of hydrogen-bond donors (Lipinski definition) is 0. The Morgan fingerprint density at radius 3 is 2.45 bits per heavy atom. The van der Waals surface area contributed by atoms with Crippen molar-refractivity contribution >= 4 is 21.8 Å². The molecule has 2 aromatic carbocycles. The van der Waals surface area contributed by atoms with E-state index >= 15 is 0 Å². The average Bonchev–Trinajstić information content (AvgIpc) is 2.77. The van der Waals surface area contributed by atoms with Gasteiger partial charge in [0.15, 0.2) is 12.4 Å². The number of sulfonamides is 1. The molecule has 1 saturated heterocycles. The first-order valence-electron chi connectivity index (χ1n) is 10.2. The molecule has 1 heterocycles. The van der Waals surface area contributed by atoms with E-state index in [1.54, 1.807) is 37.3 Å². The highest BCUT2D eigenvalue weighted by Crippen LogP contribution is 2.26. The van der Waals surface area contributed by atoms with Gasteiger partial charge in [-0.25, -0.2) is 13.2 Å². The predicted octanol–water partition coefficient (Wildman–Crippen LogP) is 3.61. The third-order valence-electron chi connectivity index (χ3n) is 5.52. The van der Waals surface area contributed by atoms with Crippen LogP contribution in [0.4, 0.5) is 0 Å². The molecule has 1 unspecified atom stereocenters. The molecule has 166 valence electrons. The summed E-state index contributed by atoms with van der Waals surface area (Å²) in [6.07, 6.45) is 2.63. The van der Waals surface area contributed by atoms with Gasteiger partial charge in [-0.2, -0.15) is 4.31 Å². The quantitative estimate of drug-likeness (QED) is 0.478. The maximum absolute atomic E-state index is 13.1. The Morgan fingerprint density at radius 2 is 1.81 bits per heavy atom. The third-order valence-corrected chi connectivity index (χ3v) is 7.53. The molecule has 1 fully saturated rings. The maximum Gasteiger partial charge on any atom is 0.338 e. The van der Waals surface area contributed by atoms with Crippen molar-refractivity contribution in [3.05, 3.63) is 59.2 Å². The highest BCUT2D eigenvalue weighted by molar-refractivity contribution is 7.89. The molecule has 0 bridgehead atoms. The Morgan fingerprint density at radius 1 is 1.10 bits per heavy atom. The Bertz CT molecular complexity index is 1060. The van der Waals surface area contributed by atoms with Crippen molar-refractivity contribution in [2.24, 2.45) is 0 Å². The van der Waals surface area contributed by atoms with Crippen molar-refractivity contribution in [1.29, 1.82) is 0 Å². The number of carbonyl (C=O) groups excluding carboxylic acids is 2. The highest BCUT2D eigenvalue weighted by Gasteiger charge is 2.31. The molecule has 8 heteroatoms. The van der Waals surface area contributed by atoms with Crippen molar-refractivity contribution in [1.82, 2.24) is 4.31 Å². The summed E-state index contributed by atoms with van der Waals surface area (Å²) >= 11 is 0. The molecule has 1 aliphatic rings. The summed E-state index contributed by atoms with van der Waals surface area (Å²) in [6, 6.07) is 10.8. The lowest BCUT2D eigenvalue weighted by atomic mass is 10.1. The summed E-state index contributed by atoms with van der Waals surface area (Å²) in [5.74, 6) is -0.479. The van der Waals surface area contributed by atoms with Crippen LogP contribution in [0.2, 0.25) is 0 Å². The van der Waals surface area contributed by atoms with E-state index in [4.69, 9.17) is 9.47 Å². The number of rotatable bonds is 7. The summed E-state index contributed by atoms with van der Waals surface area (Å²) in [5, 5.41) is 0. The summed E-state index contributed by atoms with van der Waals surface area (Å²) in [7, 11) is -2.19. The third kappa shape index (κ3) is 5.14. The summed E-state index contributed by atoms with van der Waals surface area (Å²) in [4.78, 5) is 25.0. The van der Waals surface area contributed by atoms with Crippen molar-refractivity contribution in [2.45, 2.75) is 44.0 Å². The summed E-state index contributed by atoms with van der Waals surface area (Å²) < 4.78 is 37.9. The number of ketones is 1. The molecular formula is C23H27NO6S. The molecule has 0 aliphatic carbocycles. The average molecular weight is 446 g/mol. The van der Waals surface area contributed by atoms with Gasteiger partial charge in [0.25, 0.3) is 0 Å². The number of piperidine rings is 1. The number of aryl methyl sites for hydroxylation is 1. The first kappa shape index (κ1) is 23.0. The van der Waals surface area contributed by atoms with E-state index in [2.05, 4.69) is 0 Å². The molecule has 0 N–H and O–H groups in total. The van der Waals surface area contributed by atoms with E-state index < -0.39 is 22.6 Å². The fourth-order valence-corrected chi connectivity index (χ4v) is 5.34. The van der Waals surface area contributed by atoms with Crippen LogP contribution in [0, 0.1) is 6.92 Å². The van der Waals surface area contributed by atoms with Crippen LogP contribution in [0.1, 0.15) is 52.5 Å². The minimum atomic E-state index is -3.72. The molecule has 2 aromatic rings. The van der Waals surface area contributed by atoms with Gasteiger partial charge in [0.2, 0.25) is 10.0 Å². The van der Waals surface area contributed by atoms with Crippen LogP contribution in [-0.4, -0.2) is 50.8 Å². The first-order valence-corrected chi connectivity index (χ1v) is 11.6. The molecule has 0 spiro atoms. The Kier molecular flexibility index (Phi) is 7.12. The van der Waals surface area contributed by atoms with Gasteiger partial charge in [-0.05, 0) is 68.7 Å². The second-order valence-electron chi connectivity index (χ2n) is 7.67. The number of methoxy groups -OCH3 is 1. The van der Waals surface area contributed by atoms with Gasteiger partial charge in [0.1, 0.15) is 5.75 Å². The molecule has 1 aliphatic heterocycles. The minimum Gasteiger partial charge on any atom is -0.497 e. The topological polar surface area (TPSA) is 90.0 Å². The van der Waals surface area contributed by atoms with Crippen molar-refractivity contribution in [2.75, 3.05) is 20.3 Å². The summed E-state index contributed by atoms with van der Waals surface area (Å²) in [6.45, 7) is 3.62.